The lowest BCUT2D eigenvalue weighted by molar-refractivity contribution is 0.0760. The zero-order valence-electron chi connectivity index (χ0n) is 16.5. The second kappa shape index (κ2) is 9.80. The Kier molecular flexibility index (Phi) is 7.18. The molecule has 0 atom stereocenters. The standard InChI is InChI=1S/C22H27ClN2O3/c1-3-28-20-10-7-18(15-21(20)27-2)22(26)25-12-4-11-24(13-14-25)16-17-5-8-19(23)9-6-17/h5-10,15H,3-4,11-14,16H2,1-2H3. The van der Waals surface area contributed by atoms with Crippen molar-refractivity contribution in [3.8, 4) is 11.5 Å². The third kappa shape index (κ3) is 5.18. The summed E-state index contributed by atoms with van der Waals surface area (Å²) in [5.74, 6) is 1.29. The predicted molar refractivity (Wildman–Crippen MR) is 111 cm³/mol. The first-order valence-corrected chi connectivity index (χ1v) is 10.1. The molecule has 0 unspecified atom stereocenters. The molecule has 3 rings (SSSR count). The van der Waals surface area contributed by atoms with Gasteiger partial charge in [-0.1, -0.05) is 23.7 Å². The van der Waals surface area contributed by atoms with E-state index in [1.165, 1.54) is 5.56 Å². The van der Waals surface area contributed by atoms with Gasteiger partial charge >= 0.3 is 0 Å². The number of carbonyl (C=O) groups excluding carboxylic acids is 1. The number of hydrogen-bond donors (Lipinski definition) is 0. The summed E-state index contributed by atoms with van der Waals surface area (Å²) in [4.78, 5) is 17.3. The molecule has 1 fully saturated rings. The molecule has 0 aliphatic carbocycles. The minimum Gasteiger partial charge on any atom is -0.493 e. The van der Waals surface area contributed by atoms with Crippen molar-refractivity contribution in [1.82, 2.24) is 9.80 Å². The van der Waals surface area contributed by atoms with Crippen LogP contribution in [0.3, 0.4) is 0 Å². The van der Waals surface area contributed by atoms with Crippen LogP contribution in [0.15, 0.2) is 42.5 Å². The summed E-state index contributed by atoms with van der Waals surface area (Å²) in [5, 5.41) is 0.752. The Morgan fingerprint density at radius 2 is 1.82 bits per heavy atom. The van der Waals surface area contributed by atoms with Gasteiger partial charge in [-0.25, -0.2) is 0 Å². The number of amides is 1. The summed E-state index contributed by atoms with van der Waals surface area (Å²) in [7, 11) is 1.59. The van der Waals surface area contributed by atoms with Crippen LogP contribution in [-0.4, -0.2) is 55.6 Å². The zero-order chi connectivity index (χ0) is 19.9. The molecule has 2 aromatic rings. The van der Waals surface area contributed by atoms with Gasteiger partial charge in [0.05, 0.1) is 13.7 Å². The number of rotatable bonds is 6. The average Bonchev–Trinajstić information content (AvgIpc) is 2.95. The SMILES string of the molecule is CCOc1ccc(C(=O)N2CCCN(Cc3ccc(Cl)cc3)CC2)cc1OC. The van der Waals surface area contributed by atoms with Gasteiger partial charge in [0.1, 0.15) is 0 Å². The first-order valence-electron chi connectivity index (χ1n) is 9.67. The van der Waals surface area contributed by atoms with E-state index in [-0.39, 0.29) is 5.91 Å². The number of halogens is 1. The van der Waals surface area contributed by atoms with Crippen molar-refractivity contribution in [3.05, 3.63) is 58.6 Å². The molecule has 6 heteroatoms. The molecule has 0 saturated carbocycles. The molecule has 28 heavy (non-hydrogen) atoms. The molecule has 0 spiro atoms. The maximum Gasteiger partial charge on any atom is 0.254 e. The molecule has 150 valence electrons. The van der Waals surface area contributed by atoms with Gasteiger partial charge in [0.15, 0.2) is 11.5 Å². The number of hydrogen-bond acceptors (Lipinski definition) is 4. The van der Waals surface area contributed by atoms with Crippen molar-refractivity contribution in [2.75, 3.05) is 39.9 Å². The van der Waals surface area contributed by atoms with E-state index in [0.29, 0.717) is 30.2 Å². The van der Waals surface area contributed by atoms with Crippen LogP contribution in [0.1, 0.15) is 29.3 Å². The second-order valence-electron chi connectivity index (χ2n) is 6.85. The molecule has 1 aliphatic heterocycles. The molecule has 1 amide bonds. The van der Waals surface area contributed by atoms with Crippen molar-refractivity contribution >= 4 is 17.5 Å². The van der Waals surface area contributed by atoms with Gasteiger partial charge in [0.25, 0.3) is 5.91 Å². The first kappa shape index (κ1) is 20.5. The highest BCUT2D eigenvalue weighted by Gasteiger charge is 2.21. The number of ether oxygens (including phenoxy) is 2. The minimum absolute atomic E-state index is 0.0368. The van der Waals surface area contributed by atoms with E-state index in [2.05, 4.69) is 17.0 Å². The van der Waals surface area contributed by atoms with Crippen LogP contribution in [0.2, 0.25) is 5.02 Å². The van der Waals surface area contributed by atoms with Crippen molar-refractivity contribution < 1.29 is 14.3 Å². The molecule has 1 aliphatic rings. The summed E-state index contributed by atoms with van der Waals surface area (Å²) < 4.78 is 10.9. The number of methoxy groups -OCH3 is 1. The Labute approximate surface area is 171 Å². The molecule has 5 nitrogen and oxygen atoms in total. The third-order valence-corrected chi connectivity index (χ3v) is 5.16. The van der Waals surface area contributed by atoms with E-state index in [1.807, 2.05) is 30.0 Å². The van der Waals surface area contributed by atoms with E-state index < -0.39 is 0 Å². The van der Waals surface area contributed by atoms with Gasteiger partial charge in [-0.2, -0.15) is 0 Å². The summed E-state index contributed by atoms with van der Waals surface area (Å²) >= 11 is 5.97. The quantitative estimate of drug-likeness (QED) is 0.729. The Morgan fingerprint density at radius 3 is 2.54 bits per heavy atom. The Bertz CT molecular complexity index is 795. The van der Waals surface area contributed by atoms with Crippen LogP contribution in [-0.2, 0) is 6.54 Å². The monoisotopic (exact) mass is 402 g/mol. The molecule has 1 saturated heterocycles. The Hall–Kier alpha value is -2.24. The molecule has 0 aromatic heterocycles. The van der Waals surface area contributed by atoms with Crippen LogP contribution in [0.5, 0.6) is 11.5 Å². The van der Waals surface area contributed by atoms with Gasteiger partial charge in [-0.15, -0.1) is 0 Å². The van der Waals surface area contributed by atoms with Crippen molar-refractivity contribution in [2.45, 2.75) is 19.9 Å². The van der Waals surface area contributed by atoms with Crippen LogP contribution in [0.25, 0.3) is 0 Å². The molecule has 1 heterocycles. The van der Waals surface area contributed by atoms with Crippen molar-refractivity contribution in [1.29, 1.82) is 0 Å². The largest absolute Gasteiger partial charge is 0.493 e. The van der Waals surface area contributed by atoms with E-state index in [0.717, 1.165) is 37.6 Å². The Balaban J connectivity index is 1.63. The molecular weight excluding hydrogens is 376 g/mol. The lowest BCUT2D eigenvalue weighted by Crippen LogP contribution is -2.35. The van der Waals surface area contributed by atoms with E-state index in [1.54, 1.807) is 19.2 Å². The van der Waals surface area contributed by atoms with Crippen LogP contribution < -0.4 is 9.47 Å². The fourth-order valence-corrected chi connectivity index (χ4v) is 3.56. The van der Waals surface area contributed by atoms with Crippen LogP contribution in [0, 0.1) is 0 Å². The zero-order valence-corrected chi connectivity index (χ0v) is 17.2. The lowest BCUT2D eigenvalue weighted by Gasteiger charge is -2.22. The van der Waals surface area contributed by atoms with Gasteiger partial charge in [-0.05, 0) is 49.2 Å². The summed E-state index contributed by atoms with van der Waals surface area (Å²) in [6, 6.07) is 13.3. The highest BCUT2D eigenvalue weighted by atomic mass is 35.5. The minimum atomic E-state index is 0.0368. The fraction of sp³-hybridized carbons (Fsp3) is 0.409. The number of nitrogens with zero attached hydrogens (tertiary/aromatic N) is 2. The molecule has 0 radical (unpaired) electrons. The average molecular weight is 403 g/mol. The maximum absolute atomic E-state index is 13.0. The van der Waals surface area contributed by atoms with Gasteiger partial charge in [0.2, 0.25) is 0 Å². The van der Waals surface area contributed by atoms with E-state index in [9.17, 15) is 4.79 Å². The van der Waals surface area contributed by atoms with E-state index >= 15 is 0 Å². The van der Waals surface area contributed by atoms with Gasteiger partial charge < -0.3 is 14.4 Å². The predicted octanol–water partition coefficient (Wildman–Crippen LogP) is 4.10. The van der Waals surface area contributed by atoms with E-state index in [4.69, 9.17) is 21.1 Å². The van der Waals surface area contributed by atoms with Crippen LogP contribution in [0.4, 0.5) is 0 Å². The fourth-order valence-electron chi connectivity index (χ4n) is 3.44. The van der Waals surface area contributed by atoms with Crippen molar-refractivity contribution in [3.63, 3.8) is 0 Å². The maximum atomic E-state index is 13.0. The van der Waals surface area contributed by atoms with Crippen LogP contribution >= 0.6 is 11.6 Å². The second-order valence-corrected chi connectivity index (χ2v) is 7.28. The normalized spacial score (nSPS) is 15.2. The van der Waals surface area contributed by atoms with Gasteiger partial charge in [-0.3, -0.25) is 9.69 Å². The molecule has 2 aromatic carbocycles. The number of carbonyl (C=O) groups is 1. The van der Waals surface area contributed by atoms with Crippen molar-refractivity contribution in [2.24, 2.45) is 0 Å². The highest BCUT2D eigenvalue weighted by molar-refractivity contribution is 6.30. The number of benzene rings is 2. The highest BCUT2D eigenvalue weighted by Crippen LogP contribution is 2.28. The summed E-state index contributed by atoms with van der Waals surface area (Å²) in [5.41, 5.74) is 1.87. The summed E-state index contributed by atoms with van der Waals surface area (Å²) in [6.07, 6.45) is 0.952. The lowest BCUT2D eigenvalue weighted by atomic mass is 10.1. The first-order chi connectivity index (χ1) is 13.6. The summed E-state index contributed by atoms with van der Waals surface area (Å²) in [6.45, 7) is 6.63. The topological polar surface area (TPSA) is 42.0 Å². The molecular formula is C22H27ClN2O3. The molecule has 0 bridgehead atoms. The molecule has 0 N–H and O–H groups in total. The third-order valence-electron chi connectivity index (χ3n) is 4.91. The Morgan fingerprint density at radius 1 is 1.04 bits per heavy atom. The smallest absolute Gasteiger partial charge is 0.254 e. The van der Waals surface area contributed by atoms with Gasteiger partial charge in [0, 0.05) is 43.3 Å².